The number of benzene rings is 1. The van der Waals surface area contributed by atoms with Crippen LogP contribution in [0.15, 0.2) is 18.2 Å². The molecule has 2 aliphatic carbocycles. The summed E-state index contributed by atoms with van der Waals surface area (Å²) in [4.78, 5) is 0. The molecule has 1 saturated carbocycles. The van der Waals surface area contributed by atoms with Gasteiger partial charge in [0.2, 0.25) is 0 Å². The molecule has 0 aliphatic heterocycles. The van der Waals surface area contributed by atoms with Gasteiger partial charge in [-0.05, 0) is 49.3 Å². The molecule has 2 heteroatoms. The third-order valence-electron chi connectivity index (χ3n) is 3.47. The maximum atomic E-state index is 13.5. The van der Waals surface area contributed by atoms with Crippen LogP contribution in [-0.2, 0) is 12.8 Å². The zero-order valence-corrected chi connectivity index (χ0v) is 8.80. The highest BCUT2D eigenvalue weighted by molar-refractivity contribution is 5.31. The molecule has 2 aliphatic rings. The summed E-state index contributed by atoms with van der Waals surface area (Å²) in [6.07, 6.45) is 5.64. The van der Waals surface area contributed by atoms with E-state index < -0.39 is 0 Å². The first-order valence-electron chi connectivity index (χ1n) is 5.85. The van der Waals surface area contributed by atoms with E-state index in [0.29, 0.717) is 6.04 Å². The summed E-state index contributed by atoms with van der Waals surface area (Å²) in [6, 6.07) is 6.80. The van der Waals surface area contributed by atoms with E-state index in [1.165, 1.54) is 18.4 Å². The fourth-order valence-corrected chi connectivity index (χ4v) is 2.49. The second kappa shape index (κ2) is 3.60. The minimum Gasteiger partial charge on any atom is -0.311 e. The van der Waals surface area contributed by atoms with Crippen LogP contribution in [0.5, 0.6) is 0 Å². The highest BCUT2D eigenvalue weighted by atomic mass is 19.1. The topological polar surface area (TPSA) is 12.0 Å². The highest BCUT2D eigenvalue weighted by Crippen LogP contribution is 2.27. The van der Waals surface area contributed by atoms with Crippen molar-refractivity contribution >= 4 is 0 Å². The molecule has 1 unspecified atom stereocenters. The second-order valence-electron chi connectivity index (χ2n) is 4.76. The van der Waals surface area contributed by atoms with Gasteiger partial charge < -0.3 is 5.32 Å². The van der Waals surface area contributed by atoms with Crippen molar-refractivity contribution in [3.63, 3.8) is 0 Å². The van der Waals surface area contributed by atoms with Crippen LogP contribution in [-0.4, -0.2) is 12.1 Å². The maximum absolute atomic E-state index is 13.5. The predicted octanol–water partition coefficient (Wildman–Crippen LogP) is 2.44. The Morgan fingerprint density at radius 2 is 2.00 bits per heavy atom. The molecule has 0 amide bonds. The van der Waals surface area contributed by atoms with Crippen molar-refractivity contribution in [3.05, 3.63) is 35.1 Å². The summed E-state index contributed by atoms with van der Waals surface area (Å²) in [7, 11) is 0. The summed E-state index contributed by atoms with van der Waals surface area (Å²) in [5, 5.41) is 3.63. The molecule has 80 valence electrons. The molecule has 1 fully saturated rings. The lowest BCUT2D eigenvalue weighted by atomic mass is 9.88. The molecular formula is C13H16FN. The molecule has 0 bridgehead atoms. The Kier molecular flexibility index (Phi) is 2.24. The van der Waals surface area contributed by atoms with Gasteiger partial charge in [-0.15, -0.1) is 0 Å². The SMILES string of the molecule is Fc1cccc2c1CCC(NC1CC1)C2. The summed E-state index contributed by atoms with van der Waals surface area (Å²) >= 11 is 0. The van der Waals surface area contributed by atoms with Crippen LogP contribution in [0.4, 0.5) is 4.39 Å². The summed E-state index contributed by atoms with van der Waals surface area (Å²) < 4.78 is 13.5. The lowest BCUT2D eigenvalue weighted by molar-refractivity contribution is 0.446. The zero-order valence-electron chi connectivity index (χ0n) is 8.80. The third-order valence-corrected chi connectivity index (χ3v) is 3.47. The van der Waals surface area contributed by atoms with Crippen molar-refractivity contribution in [3.8, 4) is 0 Å². The van der Waals surface area contributed by atoms with Crippen LogP contribution in [0.1, 0.15) is 30.4 Å². The third kappa shape index (κ3) is 1.91. The van der Waals surface area contributed by atoms with Crippen molar-refractivity contribution in [2.45, 2.75) is 44.2 Å². The normalized spacial score (nSPS) is 25.0. The molecule has 0 heterocycles. The summed E-state index contributed by atoms with van der Waals surface area (Å²) in [5.41, 5.74) is 2.16. The van der Waals surface area contributed by atoms with Crippen molar-refractivity contribution < 1.29 is 4.39 Å². The quantitative estimate of drug-likeness (QED) is 0.782. The Balaban J connectivity index is 1.77. The van der Waals surface area contributed by atoms with Crippen molar-refractivity contribution in [1.29, 1.82) is 0 Å². The first-order valence-corrected chi connectivity index (χ1v) is 5.85. The average molecular weight is 205 g/mol. The molecule has 1 atom stereocenters. The molecule has 1 N–H and O–H groups in total. The van der Waals surface area contributed by atoms with Crippen LogP contribution in [0, 0.1) is 5.82 Å². The van der Waals surface area contributed by atoms with Crippen molar-refractivity contribution in [2.75, 3.05) is 0 Å². The molecule has 0 spiro atoms. The van der Waals surface area contributed by atoms with Crippen LogP contribution < -0.4 is 5.32 Å². The Morgan fingerprint density at radius 1 is 1.13 bits per heavy atom. The van der Waals surface area contributed by atoms with Gasteiger partial charge in [-0.25, -0.2) is 4.39 Å². The lowest BCUT2D eigenvalue weighted by Gasteiger charge is -2.25. The zero-order chi connectivity index (χ0) is 10.3. The molecule has 15 heavy (non-hydrogen) atoms. The Bertz CT molecular complexity index is 371. The minimum absolute atomic E-state index is 0.0163. The van der Waals surface area contributed by atoms with E-state index in [-0.39, 0.29) is 5.82 Å². The standard InChI is InChI=1S/C13H16FN/c14-13-3-1-2-9-8-11(6-7-12(9)13)15-10-4-5-10/h1-3,10-11,15H,4-8H2. The van der Waals surface area contributed by atoms with Crippen LogP contribution in [0.3, 0.4) is 0 Å². The van der Waals surface area contributed by atoms with E-state index in [0.717, 1.165) is 30.9 Å². The number of hydrogen-bond donors (Lipinski definition) is 1. The predicted molar refractivity (Wildman–Crippen MR) is 58.4 cm³/mol. The Labute approximate surface area is 89.7 Å². The van der Waals surface area contributed by atoms with E-state index >= 15 is 0 Å². The lowest BCUT2D eigenvalue weighted by Crippen LogP contribution is -2.36. The van der Waals surface area contributed by atoms with Gasteiger partial charge >= 0.3 is 0 Å². The molecule has 1 aromatic rings. The van der Waals surface area contributed by atoms with Crippen LogP contribution in [0.2, 0.25) is 0 Å². The molecular weight excluding hydrogens is 189 g/mol. The van der Waals surface area contributed by atoms with E-state index in [1.807, 2.05) is 6.07 Å². The minimum atomic E-state index is -0.0163. The molecule has 0 saturated heterocycles. The van der Waals surface area contributed by atoms with Crippen LogP contribution >= 0.6 is 0 Å². The van der Waals surface area contributed by atoms with E-state index in [2.05, 4.69) is 11.4 Å². The summed E-state index contributed by atoms with van der Waals surface area (Å²) in [6.45, 7) is 0. The van der Waals surface area contributed by atoms with Gasteiger partial charge in [-0.2, -0.15) is 0 Å². The van der Waals surface area contributed by atoms with E-state index in [1.54, 1.807) is 6.07 Å². The highest BCUT2D eigenvalue weighted by Gasteiger charge is 2.27. The molecule has 3 rings (SSSR count). The van der Waals surface area contributed by atoms with E-state index in [9.17, 15) is 4.39 Å². The maximum Gasteiger partial charge on any atom is 0.126 e. The number of halogens is 1. The Morgan fingerprint density at radius 3 is 2.80 bits per heavy atom. The number of hydrogen-bond acceptors (Lipinski definition) is 1. The largest absolute Gasteiger partial charge is 0.311 e. The monoisotopic (exact) mass is 205 g/mol. The van der Waals surface area contributed by atoms with Crippen LogP contribution in [0.25, 0.3) is 0 Å². The molecule has 0 aromatic heterocycles. The average Bonchev–Trinajstić information content (AvgIpc) is 3.02. The van der Waals surface area contributed by atoms with Gasteiger partial charge in [-0.1, -0.05) is 12.1 Å². The Hall–Kier alpha value is -0.890. The number of nitrogens with one attached hydrogen (secondary N) is 1. The molecule has 0 radical (unpaired) electrons. The fourth-order valence-electron chi connectivity index (χ4n) is 2.49. The number of fused-ring (bicyclic) bond motifs is 1. The second-order valence-corrected chi connectivity index (χ2v) is 4.76. The van der Waals surface area contributed by atoms with Gasteiger partial charge in [-0.3, -0.25) is 0 Å². The smallest absolute Gasteiger partial charge is 0.126 e. The van der Waals surface area contributed by atoms with Gasteiger partial charge in [0.15, 0.2) is 0 Å². The van der Waals surface area contributed by atoms with Crippen molar-refractivity contribution in [1.82, 2.24) is 5.32 Å². The molecule has 1 aromatic carbocycles. The van der Waals surface area contributed by atoms with Gasteiger partial charge in [0.25, 0.3) is 0 Å². The van der Waals surface area contributed by atoms with E-state index in [4.69, 9.17) is 0 Å². The first-order chi connectivity index (χ1) is 7.33. The first kappa shape index (κ1) is 9.34. The summed E-state index contributed by atoms with van der Waals surface area (Å²) in [5.74, 6) is -0.0163. The van der Waals surface area contributed by atoms with Gasteiger partial charge in [0.1, 0.15) is 5.82 Å². The molecule has 1 nitrogen and oxygen atoms in total. The fraction of sp³-hybridized carbons (Fsp3) is 0.538. The van der Waals surface area contributed by atoms with Gasteiger partial charge in [0.05, 0.1) is 0 Å². The number of rotatable bonds is 2. The van der Waals surface area contributed by atoms with Crippen molar-refractivity contribution in [2.24, 2.45) is 0 Å². The van der Waals surface area contributed by atoms with Gasteiger partial charge in [0, 0.05) is 12.1 Å².